The van der Waals surface area contributed by atoms with E-state index in [2.05, 4.69) is 10.0 Å². The van der Waals surface area contributed by atoms with E-state index in [1.807, 2.05) is 32.0 Å². The van der Waals surface area contributed by atoms with Gasteiger partial charge >= 0.3 is 0 Å². The zero-order valence-corrected chi connectivity index (χ0v) is 15.5. The minimum Gasteiger partial charge on any atom is -0.496 e. The molecule has 0 fully saturated rings. The van der Waals surface area contributed by atoms with Gasteiger partial charge in [0.15, 0.2) is 0 Å². The van der Waals surface area contributed by atoms with Crippen LogP contribution in [0, 0.1) is 13.8 Å². The maximum Gasteiger partial charge on any atom is 0.259 e. The van der Waals surface area contributed by atoms with E-state index in [1.165, 1.54) is 25.3 Å². The topological polar surface area (TPSA) is 84.5 Å². The SMILES string of the molecule is CCNS(=O)(=O)c1ccc(OC)c(C(=O)Nc2ccc(C)cc2C)c1. The van der Waals surface area contributed by atoms with Crippen molar-refractivity contribution in [3.05, 3.63) is 53.1 Å². The van der Waals surface area contributed by atoms with Crippen LogP contribution in [0.25, 0.3) is 0 Å². The van der Waals surface area contributed by atoms with Gasteiger partial charge in [-0.1, -0.05) is 24.6 Å². The molecular weight excluding hydrogens is 340 g/mol. The maximum absolute atomic E-state index is 12.7. The number of carbonyl (C=O) groups is 1. The van der Waals surface area contributed by atoms with Gasteiger partial charge < -0.3 is 10.1 Å². The van der Waals surface area contributed by atoms with Crippen LogP contribution < -0.4 is 14.8 Å². The lowest BCUT2D eigenvalue weighted by Crippen LogP contribution is -2.24. The summed E-state index contributed by atoms with van der Waals surface area (Å²) in [5.41, 5.74) is 2.83. The van der Waals surface area contributed by atoms with E-state index in [1.54, 1.807) is 6.92 Å². The van der Waals surface area contributed by atoms with Crippen LogP contribution in [0.15, 0.2) is 41.3 Å². The van der Waals surface area contributed by atoms with E-state index < -0.39 is 15.9 Å². The minimum absolute atomic E-state index is 0.0147. The number of anilines is 1. The van der Waals surface area contributed by atoms with Gasteiger partial charge in [0.05, 0.1) is 17.6 Å². The van der Waals surface area contributed by atoms with E-state index in [9.17, 15) is 13.2 Å². The van der Waals surface area contributed by atoms with Crippen LogP contribution in [0.5, 0.6) is 5.75 Å². The average molecular weight is 362 g/mol. The van der Waals surface area contributed by atoms with Crippen LogP contribution in [-0.2, 0) is 10.0 Å². The van der Waals surface area contributed by atoms with Crippen LogP contribution in [-0.4, -0.2) is 28.0 Å². The largest absolute Gasteiger partial charge is 0.496 e. The highest BCUT2D eigenvalue weighted by molar-refractivity contribution is 7.89. The number of hydrogen-bond acceptors (Lipinski definition) is 4. The molecule has 6 nitrogen and oxygen atoms in total. The van der Waals surface area contributed by atoms with E-state index in [-0.39, 0.29) is 17.0 Å². The molecule has 0 aliphatic heterocycles. The molecule has 0 aliphatic carbocycles. The van der Waals surface area contributed by atoms with E-state index >= 15 is 0 Å². The number of aryl methyl sites for hydroxylation is 2. The fraction of sp³-hybridized carbons (Fsp3) is 0.278. The number of methoxy groups -OCH3 is 1. The van der Waals surface area contributed by atoms with Crippen molar-refractivity contribution in [1.82, 2.24) is 4.72 Å². The standard InChI is InChI=1S/C18H22N2O4S/c1-5-19-25(22,23)14-7-9-17(24-4)15(11-14)18(21)20-16-8-6-12(2)10-13(16)3/h6-11,19H,5H2,1-4H3,(H,20,21). The second-order valence-corrected chi connectivity index (χ2v) is 7.40. The van der Waals surface area contributed by atoms with Gasteiger partial charge in [0.1, 0.15) is 5.75 Å². The van der Waals surface area contributed by atoms with Crippen molar-refractivity contribution in [2.75, 3.05) is 19.0 Å². The summed E-state index contributed by atoms with van der Waals surface area (Å²) in [4.78, 5) is 12.7. The van der Waals surface area contributed by atoms with Crippen molar-refractivity contribution < 1.29 is 17.9 Å². The summed E-state index contributed by atoms with van der Waals surface area (Å²) in [5.74, 6) is -0.130. The van der Waals surface area contributed by atoms with Gasteiger partial charge in [-0.05, 0) is 43.7 Å². The van der Waals surface area contributed by atoms with Crippen molar-refractivity contribution in [2.24, 2.45) is 0 Å². The maximum atomic E-state index is 12.7. The summed E-state index contributed by atoms with van der Waals surface area (Å²) < 4.78 is 32.0. The van der Waals surface area contributed by atoms with Gasteiger partial charge in [-0.25, -0.2) is 13.1 Å². The lowest BCUT2D eigenvalue weighted by atomic mass is 10.1. The molecule has 0 aromatic heterocycles. The third-order valence-corrected chi connectivity index (χ3v) is 5.23. The number of benzene rings is 2. The van der Waals surface area contributed by atoms with E-state index in [0.29, 0.717) is 11.4 Å². The minimum atomic E-state index is -3.66. The van der Waals surface area contributed by atoms with Gasteiger partial charge in [-0.2, -0.15) is 0 Å². The Morgan fingerprint density at radius 3 is 2.44 bits per heavy atom. The van der Waals surface area contributed by atoms with E-state index in [0.717, 1.165) is 11.1 Å². The van der Waals surface area contributed by atoms with Gasteiger partial charge in [-0.15, -0.1) is 0 Å². The number of rotatable bonds is 6. The summed E-state index contributed by atoms with van der Waals surface area (Å²) in [6.45, 7) is 5.82. The Balaban J connectivity index is 2.40. The fourth-order valence-electron chi connectivity index (χ4n) is 2.45. The van der Waals surface area contributed by atoms with Crippen molar-refractivity contribution in [2.45, 2.75) is 25.7 Å². The molecule has 0 atom stereocenters. The smallest absolute Gasteiger partial charge is 0.259 e. The molecule has 2 N–H and O–H groups in total. The lowest BCUT2D eigenvalue weighted by molar-refractivity contribution is 0.102. The molecule has 0 saturated carbocycles. The predicted molar refractivity (Wildman–Crippen MR) is 97.7 cm³/mol. The van der Waals surface area contributed by atoms with Crippen LogP contribution in [0.3, 0.4) is 0 Å². The molecule has 2 rings (SSSR count). The Bertz CT molecular complexity index is 892. The number of ether oxygens (including phenoxy) is 1. The summed E-state index contributed by atoms with van der Waals surface area (Å²) in [5, 5.41) is 2.80. The quantitative estimate of drug-likeness (QED) is 0.827. The molecule has 2 aromatic rings. The fourth-order valence-corrected chi connectivity index (χ4v) is 3.52. The van der Waals surface area contributed by atoms with Crippen LogP contribution in [0.1, 0.15) is 28.4 Å². The first-order valence-electron chi connectivity index (χ1n) is 7.84. The zero-order chi connectivity index (χ0) is 18.6. The third kappa shape index (κ3) is 4.37. The van der Waals surface area contributed by atoms with Crippen LogP contribution >= 0.6 is 0 Å². The Labute approximate surface area is 148 Å². The Morgan fingerprint density at radius 2 is 1.84 bits per heavy atom. The molecule has 134 valence electrons. The summed E-state index contributed by atoms with van der Waals surface area (Å²) in [6, 6.07) is 9.86. The van der Waals surface area contributed by atoms with Crippen LogP contribution in [0.4, 0.5) is 5.69 Å². The number of sulfonamides is 1. The molecule has 25 heavy (non-hydrogen) atoms. The zero-order valence-electron chi connectivity index (χ0n) is 14.7. The highest BCUT2D eigenvalue weighted by Gasteiger charge is 2.19. The number of nitrogens with one attached hydrogen (secondary N) is 2. The Hall–Kier alpha value is -2.38. The molecule has 0 spiro atoms. The Morgan fingerprint density at radius 1 is 1.12 bits per heavy atom. The first-order chi connectivity index (χ1) is 11.8. The molecule has 0 radical (unpaired) electrons. The molecule has 1 amide bonds. The Kier molecular flexibility index (Phi) is 5.81. The predicted octanol–water partition coefficient (Wildman–Crippen LogP) is 2.86. The number of carbonyl (C=O) groups excluding carboxylic acids is 1. The van der Waals surface area contributed by atoms with Crippen molar-refractivity contribution >= 4 is 21.6 Å². The highest BCUT2D eigenvalue weighted by Crippen LogP contribution is 2.24. The molecule has 2 aromatic carbocycles. The molecule has 0 bridgehead atoms. The van der Waals surface area contributed by atoms with Gasteiger partial charge in [-0.3, -0.25) is 4.79 Å². The van der Waals surface area contributed by atoms with E-state index in [4.69, 9.17) is 4.74 Å². The molecule has 0 saturated heterocycles. The van der Waals surface area contributed by atoms with Gasteiger partial charge in [0.25, 0.3) is 5.91 Å². The number of amides is 1. The second-order valence-electron chi connectivity index (χ2n) is 5.64. The van der Waals surface area contributed by atoms with Crippen LogP contribution in [0.2, 0.25) is 0 Å². The highest BCUT2D eigenvalue weighted by atomic mass is 32.2. The third-order valence-electron chi connectivity index (χ3n) is 3.69. The first-order valence-corrected chi connectivity index (χ1v) is 9.33. The lowest BCUT2D eigenvalue weighted by Gasteiger charge is -2.13. The molecule has 0 heterocycles. The van der Waals surface area contributed by atoms with Gasteiger partial charge in [0.2, 0.25) is 10.0 Å². The van der Waals surface area contributed by atoms with Crippen molar-refractivity contribution in [3.63, 3.8) is 0 Å². The molecular formula is C18H22N2O4S. The van der Waals surface area contributed by atoms with Crippen molar-refractivity contribution in [3.8, 4) is 5.75 Å². The van der Waals surface area contributed by atoms with Gasteiger partial charge in [0, 0.05) is 12.2 Å². The number of hydrogen-bond donors (Lipinski definition) is 2. The first kappa shape index (κ1) is 19.0. The summed E-state index contributed by atoms with van der Waals surface area (Å²) in [6.07, 6.45) is 0. The van der Waals surface area contributed by atoms with Crippen molar-refractivity contribution in [1.29, 1.82) is 0 Å². The second kappa shape index (κ2) is 7.67. The summed E-state index contributed by atoms with van der Waals surface area (Å²) >= 11 is 0. The molecule has 7 heteroatoms. The summed E-state index contributed by atoms with van der Waals surface area (Å²) in [7, 11) is -2.23. The molecule has 0 unspecified atom stereocenters. The monoisotopic (exact) mass is 362 g/mol. The average Bonchev–Trinajstić information content (AvgIpc) is 2.56. The molecule has 0 aliphatic rings. The normalized spacial score (nSPS) is 11.2.